The van der Waals surface area contributed by atoms with E-state index in [1.807, 2.05) is 14.1 Å². The summed E-state index contributed by atoms with van der Waals surface area (Å²) in [5.74, 6) is 1.55. The smallest absolute Gasteiger partial charge is 0.245 e. The van der Waals surface area contributed by atoms with Crippen LogP contribution in [0.1, 0.15) is 12.8 Å². The first kappa shape index (κ1) is 13.9. The molecule has 6 nitrogen and oxygen atoms in total. The van der Waals surface area contributed by atoms with Gasteiger partial charge in [-0.1, -0.05) is 0 Å². The Morgan fingerprint density at radius 1 is 1.29 bits per heavy atom. The van der Waals surface area contributed by atoms with E-state index in [4.69, 9.17) is 5.73 Å². The van der Waals surface area contributed by atoms with Crippen LogP contribution in [0.4, 0.5) is 11.6 Å². The molecule has 1 fully saturated rings. The molecule has 2 heterocycles. The van der Waals surface area contributed by atoms with Gasteiger partial charge >= 0.3 is 0 Å². The molecule has 6 heteroatoms. The minimum absolute atomic E-state index is 0.222. The Balaban J connectivity index is 1.78. The third-order valence-electron chi connectivity index (χ3n) is 3.87. The van der Waals surface area contributed by atoms with E-state index in [1.165, 1.54) is 5.69 Å². The molecule has 1 atom stereocenters. The number of hydrogen-bond donors (Lipinski definition) is 2. The van der Waals surface area contributed by atoms with Crippen LogP contribution in [0.3, 0.4) is 0 Å². The lowest BCUT2D eigenvalue weighted by atomic mass is 10.1. The third-order valence-corrected chi connectivity index (χ3v) is 3.87. The zero-order chi connectivity index (χ0) is 14.8. The molecule has 0 amide bonds. The molecule has 1 aromatic heterocycles. The van der Waals surface area contributed by atoms with Crippen LogP contribution in [0.5, 0.6) is 0 Å². The SMILES string of the molecule is CN(C)c1ccc(-c2nc(N3CCCC(N)C3)n[nH]2)cc1. The number of aromatic amines is 1. The van der Waals surface area contributed by atoms with Gasteiger partial charge in [-0.2, -0.15) is 4.98 Å². The summed E-state index contributed by atoms with van der Waals surface area (Å²) in [7, 11) is 4.06. The van der Waals surface area contributed by atoms with E-state index in [0.29, 0.717) is 0 Å². The molecule has 1 aliphatic rings. The molecule has 1 saturated heterocycles. The van der Waals surface area contributed by atoms with Gasteiger partial charge in [0.05, 0.1) is 0 Å². The molecule has 1 aromatic carbocycles. The highest BCUT2D eigenvalue weighted by Crippen LogP contribution is 2.22. The van der Waals surface area contributed by atoms with Crippen LogP contribution in [0, 0.1) is 0 Å². The van der Waals surface area contributed by atoms with Crippen molar-refractivity contribution < 1.29 is 0 Å². The maximum atomic E-state index is 6.01. The van der Waals surface area contributed by atoms with E-state index in [-0.39, 0.29) is 6.04 Å². The number of nitrogens with one attached hydrogen (secondary N) is 1. The molecule has 0 aliphatic carbocycles. The Bertz CT molecular complexity index is 588. The van der Waals surface area contributed by atoms with Crippen LogP contribution >= 0.6 is 0 Å². The number of nitrogens with two attached hydrogens (primary N) is 1. The first-order valence-electron chi connectivity index (χ1n) is 7.34. The quantitative estimate of drug-likeness (QED) is 0.893. The lowest BCUT2D eigenvalue weighted by molar-refractivity contribution is 0.500. The van der Waals surface area contributed by atoms with E-state index >= 15 is 0 Å². The van der Waals surface area contributed by atoms with Gasteiger partial charge in [0.15, 0.2) is 5.82 Å². The van der Waals surface area contributed by atoms with Gasteiger partial charge in [-0.05, 0) is 37.1 Å². The van der Waals surface area contributed by atoms with Crippen LogP contribution < -0.4 is 15.5 Å². The first-order valence-corrected chi connectivity index (χ1v) is 7.34. The summed E-state index contributed by atoms with van der Waals surface area (Å²) >= 11 is 0. The van der Waals surface area contributed by atoms with Crippen molar-refractivity contribution >= 4 is 11.6 Å². The van der Waals surface area contributed by atoms with Crippen molar-refractivity contribution in [3.8, 4) is 11.4 Å². The van der Waals surface area contributed by atoms with Gasteiger partial charge < -0.3 is 15.5 Å². The second-order valence-electron chi connectivity index (χ2n) is 5.77. The number of aromatic nitrogens is 3. The van der Waals surface area contributed by atoms with E-state index in [1.54, 1.807) is 0 Å². The minimum Gasteiger partial charge on any atom is -0.378 e. The van der Waals surface area contributed by atoms with Crippen molar-refractivity contribution in [1.82, 2.24) is 15.2 Å². The maximum absolute atomic E-state index is 6.01. The third kappa shape index (κ3) is 3.00. The summed E-state index contributed by atoms with van der Waals surface area (Å²) in [6.45, 7) is 1.81. The molecule has 0 bridgehead atoms. The molecule has 0 radical (unpaired) electrons. The normalized spacial score (nSPS) is 18.8. The van der Waals surface area contributed by atoms with Gasteiger partial charge in [-0.15, -0.1) is 5.10 Å². The molecule has 0 spiro atoms. The highest BCUT2D eigenvalue weighted by Gasteiger charge is 2.20. The molecule has 2 aromatic rings. The summed E-state index contributed by atoms with van der Waals surface area (Å²) in [6, 6.07) is 8.49. The monoisotopic (exact) mass is 286 g/mol. The molecule has 3 N–H and O–H groups in total. The van der Waals surface area contributed by atoms with Crippen LogP contribution in [-0.2, 0) is 0 Å². The summed E-state index contributed by atoms with van der Waals surface area (Å²) in [5.41, 5.74) is 8.22. The predicted octanol–water partition coefficient (Wildman–Crippen LogP) is 1.47. The van der Waals surface area contributed by atoms with Crippen molar-refractivity contribution in [2.75, 3.05) is 37.0 Å². The van der Waals surface area contributed by atoms with Crippen LogP contribution in [-0.4, -0.2) is 48.4 Å². The fourth-order valence-electron chi connectivity index (χ4n) is 2.63. The van der Waals surface area contributed by atoms with Crippen LogP contribution in [0.25, 0.3) is 11.4 Å². The highest BCUT2D eigenvalue weighted by atomic mass is 15.4. The van der Waals surface area contributed by atoms with Gasteiger partial charge in [0.25, 0.3) is 0 Å². The fraction of sp³-hybridized carbons (Fsp3) is 0.467. The zero-order valence-corrected chi connectivity index (χ0v) is 12.6. The van der Waals surface area contributed by atoms with Gasteiger partial charge in [-0.3, -0.25) is 5.10 Å². The highest BCUT2D eigenvalue weighted by molar-refractivity contribution is 5.61. The number of H-pyrrole nitrogens is 1. The molecule has 3 rings (SSSR count). The summed E-state index contributed by atoms with van der Waals surface area (Å²) < 4.78 is 0. The number of rotatable bonds is 3. The topological polar surface area (TPSA) is 74.1 Å². The number of anilines is 2. The Kier molecular flexibility index (Phi) is 3.79. The largest absolute Gasteiger partial charge is 0.378 e. The molecule has 1 aliphatic heterocycles. The van der Waals surface area contributed by atoms with E-state index in [2.05, 4.69) is 49.2 Å². The average molecular weight is 286 g/mol. The Morgan fingerprint density at radius 3 is 2.71 bits per heavy atom. The maximum Gasteiger partial charge on any atom is 0.245 e. The van der Waals surface area contributed by atoms with Crippen LogP contribution in [0.15, 0.2) is 24.3 Å². The van der Waals surface area contributed by atoms with Crippen LogP contribution in [0.2, 0.25) is 0 Å². The van der Waals surface area contributed by atoms with Crippen molar-refractivity contribution in [3.63, 3.8) is 0 Å². The van der Waals surface area contributed by atoms with Gasteiger partial charge in [0.2, 0.25) is 5.95 Å². The molecular weight excluding hydrogens is 264 g/mol. The Labute approximate surface area is 125 Å². The van der Waals surface area contributed by atoms with E-state index in [0.717, 1.165) is 43.3 Å². The standard InChI is InChI=1S/C15H22N6/c1-20(2)13-7-5-11(6-8-13)14-17-15(19-18-14)21-9-3-4-12(16)10-21/h5-8,12H,3-4,9-10,16H2,1-2H3,(H,17,18,19). The van der Waals surface area contributed by atoms with E-state index < -0.39 is 0 Å². The van der Waals surface area contributed by atoms with Crippen molar-refractivity contribution in [1.29, 1.82) is 0 Å². The van der Waals surface area contributed by atoms with Gasteiger partial charge in [0, 0.05) is 44.5 Å². The van der Waals surface area contributed by atoms with Crippen molar-refractivity contribution in [2.45, 2.75) is 18.9 Å². The van der Waals surface area contributed by atoms with E-state index in [9.17, 15) is 0 Å². The second kappa shape index (κ2) is 5.73. The number of hydrogen-bond acceptors (Lipinski definition) is 5. The minimum atomic E-state index is 0.222. The molecule has 1 unspecified atom stereocenters. The number of benzene rings is 1. The van der Waals surface area contributed by atoms with Gasteiger partial charge in [0.1, 0.15) is 0 Å². The first-order chi connectivity index (χ1) is 10.1. The second-order valence-corrected chi connectivity index (χ2v) is 5.77. The molecule has 112 valence electrons. The van der Waals surface area contributed by atoms with Crippen molar-refractivity contribution in [3.05, 3.63) is 24.3 Å². The predicted molar refractivity (Wildman–Crippen MR) is 85.6 cm³/mol. The molecule has 0 saturated carbocycles. The summed E-state index contributed by atoms with van der Waals surface area (Å²) in [5, 5.41) is 7.36. The molecular formula is C15H22N6. The lowest BCUT2D eigenvalue weighted by Gasteiger charge is -2.29. The summed E-state index contributed by atoms with van der Waals surface area (Å²) in [4.78, 5) is 8.83. The summed E-state index contributed by atoms with van der Waals surface area (Å²) in [6.07, 6.45) is 2.18. The number of nitrogens with zero attached hydrogens (tertiary/aromatic N) is 4. The fourth-order valence-corrected chi connectivity index (χ4v) is 2.63. The lowest BCUT2D eigenvalue weighted by Crippen LogP contribution is -2.43. The van der Waals surface area contributed by atoms with Gasteiger partial charge in [-0.25, -0.2) is 0 Å². The zero-order valence-electron chi connectivity index (χ0n) is 12.6. The molecule has 21 heavy (non-hydrogen) atoms. The average Bonchev–Trinajstić information content (AvgIpc) is 2.97. The van der Waals surface area contributed by atoms with Crippen molar-refractivity contribution in [2.24, 2.45) is 5.73 Å². The Hall–Kier alpha value is -2.08. The number of piperidine rings is 1. The Morgan fingerprint density at radius 2 is 2.05 bits per heavy atom.